The van der Waals surface area contributed by atoms with Gasteiger partial charge in [0.05, 0.1) is 12.1 Å². The van der Waals surface area contributed by atoms with Crippen LogP contribution in [0.3, 0.4) is 0 Å². The lowest BCUT2D eigenvalue weighted by molar-refractivity contribution is -0.122. The smallest absolute Gasteiger partial charge is 0.257 e. The minimum absolute atomic E-state index is 0.0713. The molecule has 2 heterocycles. The molecule has 7 heteroatoms. The first kappa shape index (κ1) is 25.2. The molecular formula is C33H27N3O4. The van der Waals surface area contributed by atoms with Crippen LogP contribution in [-0.4, -0.2) is 40.2 Å². The molecule has 7 nitrogen and oxygen atoms in total. The predicted molar refractivity (Wildman–Crippen MR) is 153 cm³/mol. The van der Waals surface area contributed by atoms with E-state index in [2.05, 4.69) is 4.98 Å². The van der Waals surface area contributed by atoms with Gasteiger partial charge < -0.3 is 9.32 Å². The second-order valence-electron chi connectivity index (χ2n) is 9.87. The second-order valence-corrected chi connectivity index (χ2v) is 9.87. The normalized spacial score (nSPS) is 15.1. The quantitative estimate of drug-likeness (QED) is 0.248. The predicted octanol–water partition coefficient (Wildman–Crippen LogP) is 5.82. The first-order valence-corrected chi connectivity index (χ1v) is 13.2. The summed E-state index contributed by atoms with van der Waals surface area (Å²) >= 11 is 0. The zero-order valence-corrected chi connectivity index (χ0v) is 22.0. The Morgan fingerprint density at radius 1 is 0.900 bits per heavy atom. The Bertz CT molecular complexity index is 1680. The third-order valence-corrected chi connectivity index (χ3v) is 7.29. The molecule has 4 aromatic carbocycles. The minimum Gasteiger partial charge on any atom is -0.436 e. The van der Waals surface area contributed by atoms with Gasteiger partial charge in [-0.3, -0.25) is 14.4 Å². The van der Waals surface area contributed by atoms with Gasteiger partial charge in [-0.05, 0) is 66.9 Å². The van der Waals surface area contributed by atoms with Gasteiger partial charge in [-0.25, -0.2) is 9.88 Å². The Labute approximate surface area is 231 Å². The number of anilines is 1. The number of fused-ring (bicyclic) bond motifs is 1. The molecule has 198 valence electrons. The summed E-state index contributed by atoms with van der Waals surface area (Å²) in [6.07, 6.45) is 0.494. The van der Waals surface area contributed by atoms with Crippen LogP contribution < -0.4 is 4.90 Å². The molecule has 0 bridgehead atoms. The molecule has 0 saturated carbocycles. The van der Waals surface area contributed by atoms with Crippen LogP contribution in [0.25, 0.3) is 22.6 Å². The number of oxazole rings is 1. The van der Waals surface area contributed by atoms with E-state index in [1.807, 2.05) is 79.7 Å². The first-order valence-electron chi connectivity index (χ1n) is 13.2. The maximum absolute atomic E-state index is 13.8. The fourth-order valence-electron chi connectivity index (χ4n) is 5.14. The van der Waals surface area contributed by atoms with Crippen LogP contribution in [0.2, 0.25) is 0 Å². The number of amides is 3. The number of aromatic nitrogens is 1. The fraction of sp³-hybridized carbons (Fsp3) is 0.152. The number of rotatable bonds is 7. The van der Waals surface area contributed by atoms with Gasteiger partial charge in [0.25, 0.3) is 11.8 Å². The van der Waals surface area contributed by atoms with Gasteiger partial charge in [0, 0.05) is 17.7 Å². The van der Waals surface area contributed by atoms with E-state index >= 15 is 0 Å². The lowest BCUT2D eigenvalue weighted by Gasteiger charge is -2.28. The van der Waals surface area contributed by atoms with Crippen molar-refractivity contribution in [2.45, 2.75) is 25.8 Å². The monoisotopic (exact) mass is 529 g/mol. The van der Waals surface area contributed by atoms with Crippen LogP contribution in [0.15, 0.2) is 108 Å². The maximum Gasteiger partial charge on any atom is 0.257 e. The van der Waals surface area contributed by atoms with E-state index in [0.717, 1.165) is 22.2 Å². The molecule has 1 atom stereocenters. The first-order chi connectivity index (χ1) is 19.5. The van der Waals surface area contributed by atoms with Gasteiger partial charge >= 0.3 is 0 Å². The summed E-state index contributed by atoms with van der Waals surface area (Å²) in [5, 5.41) is 0. The van der Waals surface area contributed by atoms with E-state index in [-0.39, 0.29) is 18.2 Å². The highest BCUT2D eigenvalue weighted by atomic mass is 16.3. The standard InChI is InChI=1S/C33H27N3O4/c1-22-9-5-6-12-26(22)32(38)35(20-19-23-10-3-2-4-11-23)28-21-30(37)36(33(28)39)25-17-15-24(16-18-25)31-34-27-13-7-8-14-29(27)40-31/h2-18,28H,19-21H2,1H3. The van der Waals surface area contributed by atoms with Crippen LogP contribution in [0.5, 0.6) is 0 Å². The molecule has 1 aliphatic heterocycles. The van der Waals surface area contributed by atoms with Gasteiger partial charge in [-0.1, -0.05) is 60.7 Å². The summed E-state index contributed by atoms with van der Waals surface area (Å²) in [6.45, 7) is 2.18. The Balaban J connectivity index is 1.27. The Morgan fingerprint density at radius 2 is 1.60 bits per heavy atom. The molecule has 1 fully saturated rings. The van der Waals surface area contributed by atoms with Crippen molar-refractivity contribution >= 4 is 34.5 Å². The number of hydrogen-bond acceptors (Lipinski definition) is 5. The molecule has 6 rings (SSSR count). The molecule has 1 aromatic heterocycles. The molecule has 5 aromatic rings. The molecule has 3 amide bonds. The van der Waals surface area contributed by atoms with Crippen LogP contribution in [0.4, 0.5) is 5.69 Å². The van der Waals surface area contributed by atoms with Crippen molar-refractivity contribution in [2.24, 2.45) is 0 Å². The van der Waals surface area contributed by atoms with Gasteiger partial charge in [-0.15, -0.1) is 0 Å². The second kappa shape index (κ2) is 10.6. The molecule has 0 radical (unpaired) electrons. The summed E-state index contributed by atoms with van der Waals surface area (Å²) in [4.78, 5) is 48.0. The SMILES string of the molecule is Cc1ccccc1C(=O)N(CCc1ccccc1)C1CC(=O)N(c2ccc(-c3nc4ccccc4o3)cc2)C1=O. The molecule has 0 N–H and O–H groups in total. The van der Waals surface area contributed by atoms with Crippen LogP contribution >= 0.6 is 0 Å². The van der Waals surface area contributed by atoms with Gasteiger partial charge in [-0.2, -0.15) is 0 Å². The zero-order chi connectivity index (χ0) is 27.6. The largest absolute Gasteiger partial charge is 0.436 e. The van der Waals surface area contributed by atoms with E-state index in [0.29, 0.717) is 35.7 Å². The van der Waals surface area contributed by atoms with Gasteiger partial charge in [0.1, 0.15) is 11.6 Å². The summed E-state index contributed by atoms with van der Waals surface area (Å²) in [6, 6.07) is 30.7. The minimum atomic E-state index is -0.889. The summed E-state index contributed by atoms with van der Waals surface area (Å²) in [7, 11) is 0. The van der Waals surface area contributed by atoms with Crippen molar-refractivity contribution in [2.75, 3.05) is 11.4 Å². The van der Waals surface area contributed by atoms with Crippen molar-refractivity contribution in [3.8, 4) is 11.5 Å². The van der Waals surface area contributed by atoms with Crippen molar-refractivity contribution < 1.29 is 18.8 Å². The number of carbonyl (C=O) groups is 3. The maximum atomic E-state index is 13.8. The molecule has 1 saturated heterocycles. The molecule has 0 spiro atoms. The summed E-state index contributed by atoms with van der Waals surface area (Å²) in [5.74, 6) is -0.546. The Morgan fingerprint density at radius 3 is 2.35 bits per heavy atom. The average Bonchev–Trinajstić information content (AvgIpc) is 3.54. The lowest BCUT2D eigenvalue weighted by Crippen LogP contribution is -2.46. The number of para-hydroxylation sites is 2. The molecule has 40 heavy (non-hydrogen) atoms. The molecule has 0 aliphatic carbocycles. The molecule has 1 unspecified atom stereocenters. The Kier molecular flexibility index (Phi) is 6.70. The number of nitrogens with zero attached hydrogens (tertiary/aromatic N) is 3. The number of carbonyl (C=O) groups excluding carboxylic acids is 3. The highest BCUT2D eigenvalue weighted by Crippen LogP contribution is 2.30. The number of aryl methyl sites for hydroxylation is 1. The van der Waals surface area contributed by atoms with E-state index in [1.165, 1.54) is 4.90 Å². The summed E-state index contributed by atoms with van der Waals surface area (Å²) in [5.41, 5.74) is 5.01. The van der Waals surface area contributed by atoms with Crippen molar-refractivity contribution in [1.82, 2.24) is 9.88 Å². The van der Waals surface area contributed by atoms with E-state index < -0.39 is 11.9 Å². The van der Waals surface area contributed by atoms with Gasteiger partial charge in [0.2, 0.25) is 11.8 Å². The highest BCUT2D eigenvalue weighted by Gasteiger charge is 2.44. The molecular weight excluding hydrogens is 502 g/mol. The average molecular weight is 530 g/mol. The van der Waals surface area contributed by atoms with Crippen LogP contribution in [-0.2, 0) is 16.0 Å². The van der Waals surface area contributed by atoms with Crippen molar-refractivity contribution in [1.29, 1.82) is 0 Å². The van der Waals surface area contributed by atoms with Crippen molar-refractivity contribution in [3.05, 3.63) is 120 Å². The van der Waals surface area contributed by atoms with Crippen LogP contribution in [0.1, 0.15) is 27.9 Å². The lowest BCUT2D eigenvalue weighted by atomic mass is 10.0. The Hall–Kier alpha value is -5.04. The number of benzene rings is 4. The van der Waals surface area contributed by atoms with E-state index in [1.54, 1.807) is 35.2 Å². The highest BCUT2D eigenvalue weighted by molar-refractivity contribution is 6.23. The zero-order valence-electron chi connectivity index (χ0n) is 22.0. The molecule has 1 aliphatic rings. The number of imide groups is 1. The third kappa shape index (κ3) is 4.78. The van der Waals surface area contributed by atoms with Crippen LogP contribution in [0, 0.1) is 6.92 Å². The fourth-order valence-corrected chi connectivity index (χ4v) is 5.14. The third-order valence-electron chi connectivity index (χ3n) is 7.29. The number of hydrogen-bond donors (Lipinski definition) is 0. The topological polar surface area (TPSA) is 83.7 Å². The van der Waals surface area contributed by atoms with E-state index in [9.17, 15) is 14.4 Å². The summed E-state index contributed by atoms with van der Waals surface area (Å²) < 4.78 is 5.85. The van der Waals surface area contributed by atoms with Gasteiger partial charge in [0.15, 0.2) is 5.58 Å². The van der Waals surface area contributed by atoms with E-state index in [4.69, 9.17) is 4.42 Å². The van der Waals surface area contributed by atoms with Crippen molar-refractivity contribution in [3.63, 3.8) is 0 Å².